The second-order valence-electron chi connectivity index (χ2n) is 4.83. The van der Waals surface area contributed by atoms with E-state index in [1.54, 1.807) is 30.5 Å². The van der Waals surface area contributed by atoms with Gasteiger partial charge in [-0.15, -0.1) is 11.6 Å². The summed E-state index contributed by atoms with van der Waals surface area (Å²) in [5.41, 5.74) is 2.11. The third kappa shape index (κ3) is 4.30. The molecule has 0 bridgehead atoms. The lowest BCUT2D eigenvalue weighted by Gasteiger charge is -2.16. The second kappa shape index (κ2) is 7.40. The number of benzene rings is 1. The molecule has 1 aromatic heterocycles. The number of nitrogens with zero attached hydrogens (tertiary/aromatic N) is 1. The van der Waals surface area contributed by atoms with Gasteiger partial charge in [-0.25, -0.2) is 8.42 Å². The highest BCUT2D eigenvalue weighted by Crippen LogP contribution is 2.19. The van der Waals surface area contributed by atoms with Crippen molar-refractivity contribution in [2.75, 3.05) is 12.9 Å². The molecule has 3 nitrogen and oxygen atoms in total. The Hall–Kier alpha value is -0.880. The van der Waals surface area contributed by atoms with E-state index >= 15 is 0 Å². The number of thiophene rings is 1. The summed E-state index contributed by atoms with van der Waals surface area (Å²) in [5.74, 6) is 0.615. The van der Waals surface area contributed by atoms with Gasteiger partial charge in [0, 0.05) is 19.5 Å². The first-order chi connectivity index (χ1) is 10.0. The van der Waals surface area contributed by atoms with Gasteiger partial charge in [-0.05, 0) is 52.9 Å². The van der Waals surface area contributed by atoms with Crippen molar-refractivity contribution in [1.29, 1.82) is 0 Å². The molecule has 21 heavy (non-hydrogen) atoms. The van der Waals surface area contributed by atoms with Crippen molar-refractivity contribution in [1.82, 2.24) is 4.31 Å². The van der Waals surface area contributed by atoms with Crippen molar-refractivity contribution < 1.29 is 8.42 Å². The average Bonchev–Trinajstić information content (AvgIpc) is 2.98. The molecule has 0 atom stereocenters. The van der Waals surface area contributed by atoms with E-state index in [1.165, 1.54) is 4.31 Å². The minimum Gasteiger partial charge on any atom is -0.207 e. The molecule has 0 saturated carbocycles. The van der Waals surface area contributed by atoms with Crippen LogP contribution in [0.2, 0.25) is 0 Å². The largest absolute Gasteiger partial charge is 0.243 e. The van der Waals surface area contributed by atoms with Crippen molar-refractivity contribution in [2.24, 2.45) is 0 Å². The van der Waals surface area contributed by atoms with Gasteiger partial charge in [0.05, 0.1) is 4.90 Å². The highest BCUT2D eigenvalue weighted by atomic mass is 35.5. The lowest BCUT2D eigenvalue weighted by Crippen LogP contribution is -2.26. The molecule has 0 aliphatic heterocycles. The van der Waals surface area contributed by atoms with Gasteiger partial charge in [-0.1, -0.05) is 12.1 Å². The maximum atomic E-state index is 12.5. The molecule has 0 aliphatic carbocycles. The maximum Gasteiger partial charge on any atom is 0.243 e. The predicted molar refractivity (Wildman–Crippen MR) is 88.5 cm³/mol. The quantitative estimate of drug-likeness (QED) is 0.718. The molecular weight excluding hydrogens is 326 g/mol. The van der Waals surface area contributed by atoms with Gasteiger partial charge in [0.1, 0.15) is 0 Å². The first kappa shape index (κ1) is 16.5. The molecule has 0 spiro atoms. The van der Waals surface area contributed by atoms with E-state index in [2.05, 4.69) is 0 Å². The fraction of sp³-hybridized carbons (Fsp3) is 0.333. The number of rotatable bonds is 7. The van der Waals surface area contributed by atoms with Crippen molar-refractivity contribution in [3.8, 4) is 0 Å². The molecule has 6 heteroatoms. The minimum atomic E-state index is -3.44. The van der Waals surface area contributed by atoms with E-state index in [-0.39, 0.29) is 0 Å². The highest BCUT2D eigenvalue weighted by Gasteiger charge is 2.20. The fourth-order valence-corrected chi connectivity index (χ4v) is 3.96. The molecule has 0 amide bonds. The van der Waals surface area contributed by atoms with Crippen LogP contribution in [0.4, 0.5) is 0 Å². The van der Waals surface area contributed by atoms with E-state index in [0.29, 0.717) is 17.3 Å². The third-order valence-corrected chi connectivity index (χ3v) is 6.03. The summed E-state index contributed by atoms with van der Waals surface area (Å²) in [6.07, 6.45) is 1.76. The standard InChI is InChI=1S/C15H18ClNO2S2/c1-17(11-14-8-10-20-12-14)21(18,19)15-6-4-13(5-7-15)3-2-9-16/h4-8,10,12H,2-3,9,11H2,1H3. The number of hydrogen-bond donors (Lipinski definition) is 0. The smallest absolute Gasteiger partial charge is 0.207 e. The molecule has 2 rings (SSSR count). The zero-order valence-electron chi connectivity index (χ0n) is 11.8. The van der Waals surface area contributed by atoms with Gasteiger partial charge in [0.15, 0.2) is 0 Å². The van der Waals surface area contributed by atoms with Crippen LogP contribution in [0.3, 0.4) is 0 Å². The summed E-state index contributed by atoms with van der Waals surface area (Å²) in [6, 6.07) is 8.99. The van der Waals surface area contributed by atoms with Crippen molar-refractivity contribution in [3.63, 3.8) is 0 Å². The molecule has 0 saturated heterocycles. The average molecular weight is 344 g/mol. The molecule has 1 aromatic carbocycles. The Morgan fingerprint density at radius 3 is 2.43 bits per heavy atom. The number of aryl methyl sites for hydroxylation is 1. The van der Waals surface area contributed by atoms with Crippen LogP contribution in [0.25, 0.3) is 0 Å². The van der Waals surface area contributed by atoms with Crippen molar-refractivity contribution in [3.05, 3.63) is 52.2 Å². The number of alkyl halides is 1. The third-order valence-electron chi connectivity index (χ3n) is 3.22. The van der Waals surface area contributed by atoms with E-state index in [0.717, 1.165) is 24.0 Å². The Bertz CT molecular complexity index is 651. The SMILES string of the molecule is CN(Cc1ccsc1)S(=O)(=O)c1ccc(CCCCl)cc1. The molecule has 1 heterocycles. The molecular formula is C15H18ClNO2S2. The van der Waals surface area contributed by atoms with Crippen LogP contribution in [0.5, 0.6) is 0 Å². The van der Waals surface area contributed by atoms with Crippen LogP contribution >= 0.6 is 22.9 Å². The normalized spacial score (nSPS) is 12.0. The van der Waals surface area contributed by atoms with Gasteiger partial charge in [-0.2, -0.15) is 15.6 Å². The van der Waals surface area contributed by atoms with Gasteiger partial charge in [0.2, 0.25) is 10.0 Å². The van der Waals surface area contributed by atoms with Crippen molar-refractivity contribution >= 4 is 33.0 Å². The number of halogens is 1. The molecule has 0 aliphatic rings. The topological polar surface area (TPSA) is 37.4 Å². The predicted octanol–water partition coefficient (Wildman–Crippen LogP) is 3.74. The first-order valence-corrected chi connectivity index (χ1v) is 9.58. The van der Waals surface area contributed by atoms with Crippen LogP contribution in [-0.4, -0.2) is 25.7 Å². The van der Waals surface area contributed by atoms with Crippen LogP contribution in [0.1, 0.15) is 17.5 Å². The second-order valence-corrected chi connectivity index (χ2v) is 8.03. The molecule has 2 aromatic rings. The minimum absolute atomic E-state index is 0.329. The van der Waals surface area contributed by atoms with E-state index in [4.69, 9.17) is 11.6 Å². The summed E-state index contributed by atoms with van der Waals surface area (Å²) in [6.45, 7) is 0.389. The molecule has 0 fully saturated rings. The Balaban J connectivity index is 2.11. The van der Waals surface area contributed by atoms with Crippen LogP contribution in [0.15, 0.2) is 46.0 Å². The van der Waals surface area contributed by atoms with Gasteiger partial charge in [0.25, 0.3) is 0 Å². The van der Waals surface area contributed by atoms with E-state index < -0.39 is 10.0 Å². The summed E-state index contributed by atoms with van der Waals surface area (Å²) in [7, 11) is -1.83. The fourth-order valence-electron chi connectivity index (χ4n) is 2.00. The Kier molecular flexibility index (Phi) is 5.81. The zero-order chi connectivity index (χ0) is 15.3. The number of sulfonamides is 1. The maximum absolute atomic E-state index is 12.5. The number of hydrogen-bond acceptors (Lipinski definition) is 3. The molecule has 0 unspecified atom stereocenters. The highest BCUT2D eigenvalue weighted by molar-refractivity contribution is 7.89. The molecule has 114 valence electrons. The first-order valence-electron chi connectivity index (χ1n) is 6.66. The van der Waals surface area contributed by atoms with Crippen molar-refractivity contribution in [2.45, 2.75) is 24.3 Å². The zero-order valence-corrected chi connectivity index (χ0v) is 14.2. The summed E-state index contributed by atoms with van der Waals surface area (Å²) in [4.78, 5) is 0.329. The summed E-state index contributed by atoms with van der Waals surface area (Å²) in [5, 5.41) is 3.91. The van der Waals surface area contributed by atoms with E-state index in [9.17, 15) is 8.42 Å². The molecule has 0 radical (unpaired) electrons. The lowest BCUT2D eigenvalue weighted by molar-refractivity contribution is 0.467. The van der Waals surface area contributed by atoms with Gasteiger partial charge in [-0.3, -0.25) is 0 Å². The van der Waals surface area contributed by atoms with Crippen LogP contribution in [-0.2, 0) is 23.0 Å². The van der Waals surface area contributed by atoms with Gasteiger partial charge >= 0.3 is 0 Å². The van der Waals surface area contributed by atoms with Crippen LogP contribution < -0.4 is 0 Å². The Labute approximate surface area is 135 Å². The summed E-state index contributed by atoms with van der Waals surface area (Å²) >= 11 is 7.23. The van der Waals surface area contributed by atoms with E-state index in [1.807, 2.05) is 29.0 Å². The monoisotopic (exact) mass is 343 g/mol. The van der Waals surface area contributed by atoms with Crippen LogP contribution in [0, 0.1) is 0 Å². The molecule has 0 N–H and O–H groups in total. The Morgan fingerprint density at radius 1 is 1.14 bits per heavy atom. The lowest BCUT2D eigenvalue weighted by atomic mass is 10.1. The van der Waals surface area contributed by atoms with Gasteiger partial charge < -0.3 is 0 Å². The Morgan fingerprint density at radius 2 is 1.86 bits per heavy atom. The summed E-state index contributed by atoms with van der Waals surface area (Å²) < 4.78 is 26.4.